The molecule has 0 aliphatic rings. The first-order chi connectivity index (χ1) is 7.43. The Balaban J connectivity index is 2.65. The summed E-state index contributed by atoms with van der Waals surface area (Å²) >= 11 is 0. The predicted molar refractivity (Wildman–Crippen MR) is 69.9 cm³/mol. The van der Waals surface area contributed by atoms with Crippen LogP contribution in [0.3, 0.4) is 0 Å². The van der Waals surface area contributed by atoms with Crippen molar-refractivity contribution < 1.29 is 4.74 Å². The van der Waals surface area contributed by atoms with E-state index >= 15 is 0 Å². The molecule has 1 atom stereocenters. The molecule has 0 heterocycles. The Bertz CT molecular complexity index is 305. The minimum absolute atomic E-state index is 0.240. The molecule has 0 aromatic heterocycles. The van der Waals surface area contributed by atoms with Crippen LogP contribution in [0.15, 0.2) is 24.3 Å². The molecule has 1 aromatic carbocycles. The average Bonchev–Trinajstić information content (AvgIpc) is 2.17. The van der Waals surface area contributed by atoms with Gasteiger partial charge in [-0.05, 0) is 36.8 Å². The summed E-state index contributed by atoms with van der Waals surface area (Å²) in [6.07, 6.45) is 1.31. The van der Waals surface area contributed by atoms with Crippen LogP contribution in [0.2, 0.25) is 0 Å². The molecule has 0 aliphatic carbocycles. The van der Waals surface area contributed by atoms with Crippen LogP contribution < -0.4 is 0 Å². The fourth-order valence-electron chi connectivity index (χ4n) is 1.82. The van der Waals surface area contributed by atoms with Gasteiger partial charge >= 0.3 is 0 Å². The highest BCUT2D eigenvalue weighted by atomic mass is 16.5. The van der Waals surface area contributed by atoms with E-state index in [1.807, 2.05) is 6.92 Å². The Morgan fingerprint density at radius 3 is 2.12 bits per heavy atom. The van der Waals surface area contributed by atoms with E-state index in [0.717, 1.165) is 13.0 Å². The van der Waals surface area contributed by atoms with Crippen LogP contribution in [0.1, 0.15) is 45.7 Å². The van der Waals surface area contributed by atoms with Gasteiger partial charge in [-0.3, -0.25) is 0 Å². The number of rotatable bonds is 4. The highest BCUT2D eigenvalue weighted by molar-refractivity contribution is 5.27. The van der Waals surface area contributed by atoms with Crippen LogP contribution in [0.25, 0.3) is 0 Å². The van der Waals surface area contributed by atoms with Gasteiger partial charge < -0.3 is 4.74 Å². The Kier molecular flexibility index (Phi) is 4.55. The van der Waals surface area contributed by atoms with Crippen LogP contribution in [0.5, 0.6) is 0 Å². The second-order valence-electron chi connectivity index (χ2n) is 5.42. The summed E-state index contributed by atoms with van der Waals surface area (Å²) in [5, 5.41) is 0. The Morgan fingerprint density at radius 2 is 1.69 bits per heavy atom. The molecule has 0 spiro atoms. The summed E-state index contributed by atoms with van der Waals surface area (Å²) < 4.78 is 5.54. The lowest BCUT2D eigenvalue weighted by atomic mass is 9.86. The number of hydrogen-bond acceptors (Lipinski definition) is 1. The Hall–Kier alpha value is -0.820. The van der Waals surface area contributed by atoms with Gasteiger partial charge in [0.15, 0.2) is 0 Å². The van der Waals surface area contributed by atoms with Gasteiger partial charge in [0.25, 0.3) is 0 Å². The molecule has 0 saturated heterocycles. The van der Waals surface area contributed by atoms with Crippen molar-refractivity contribution in [3.05, 3.63) is 35.4 Å². The van der Waals surface area contributed by atoms with E-state index in [1.165, 1.54) is 11.1 Å². The van der Waals surface area contributed by atoms with Crippen LogP contribution in [-0.2, 0) is 16.6 Å². The van der Waals surface area contributed by atoms with Crippen LogP contribution in [0, 0.1) is 0 Å². The van der Waals surface area contributed by atoms with E-state index in [1.54, 1.807) is 0 Å². The van der Waals surface area contributed by atoms with Crippen molar-refractivity contribution in [2.24, 2.45) is 0 Å². The van der Waals surface area contributed by atoms with Gasteiger partial charge in [0, 0.05) is 6.61 Å². The summed E-state index contributed by atoms with van der Waals surface area (Å²) in [6.45, 7) is 11.7. The summed E-state index contributed by atoms with van der Waals surface area (Å²) in [5.41, 5.74) is 2.98. The lowest BCUT2D eigenvalue weighted by Crippen LogP contribution is -2.13. The van der Waals surface area contributed by atoms with Crippen molar-refractivity contribution in [2.45, 2.75) is 52.6 Å². The second-order valence-corrected chi connectivity index (χ2v) is 5.42. The molecule has 0 amide bonds. The zero-order chi connectivity index (χ0) is 12.2. The zero-order valence-corrected chi connectivity index (χ0v) is 11.2. The molecule has 1 heteroatoms. The van der Waals surface area contributed by atoms with Crippen LogP contribution in [-0.4, -0.2) is 12.7 Å². The summed E-state index contributed by atoms with van der Waals surface area (Å²) in [7, 11) is 0. The molecule has 90 valence electrons. The normalized spacial score (nSPS) is 13.8. The minimum Gasteiger partial charge on any atom is -0.378 e. The van der Waals surface area contributed by atoms with Gasteiger partial charge in [-0.25, -0.2) is 0 Å². The van der Waals surface area contributed by atoms with Crippen molar-refractivity contribution in [2.75, 3.05) is 6.61 Å². The SMILES string of the molecule is CCOC(C)Cc1ccc(C(C)(C)C)cc1. The standard InChI is InChI=1S/C15H24O/c1-6-16-12(2)11-13-7-9-14(10-8-13)15(3,4)5/h7-10,12H,6,11H2,1-5H3. The van der Waals surface area contributed by atoms with Gasteiger partial charge in [-0.1, -0.05) is 45.0 Å². The molecule has 16 heavy (non-hydrogen) atoms. The number of hydrogen-bond donors (Lipinski definition) is 0. The number of ether oxygens (including phenoxy) is 1. The van der Waals surface area contributed by atoms with Crippen molar-refractivity contribution in [1.82, 2.24) is 0 Å². The second kappa shape index (κ2) is 5.49. The van der Waals surface area contributed by atoms with E-state index in [0.29, 0.717) is 6.10 Å². The maximum absolute atomic E-state index is 5.54. The quantitative estimate of drug-likeness (QED) is 0.746. The molecule has 1 rings (SSSR count). The van der Waals surface area contributed by atoms with Crippen molar-refractivity contribution in [3.8, 4) is 0 Å². The first kappa shape index (κ1) is 13.2. The maximum Gasteiger partial charge on any atom is 0.0587 e. The average molecular weight is 220 g/mol. The van der Waals surface area contributed by atoms with E-state index in [9.17, 15) is 0 Å². The van der Waals surface area contributed by atoms with E-state index in [4.69, 9.17) is 4.74 Å². The molecule has 1 nitrogen and oxygen atoms in total. The molecular formula is C15H24O. The lowest BCUT2D eigenvalue weighted by Gasteiger charge is -2.19. The van der Waals surface area contributed by atoms with Crippen LogP contribution in [0.4, 0.5) is 0 Å². The third kappa shape index (κ3) is 3.97. The van der Waals surface area contributed by atoms with E-state index in [2.05, 4.69) is 52.0 Å². The lowest BCUT2D eigenvalue weighted by molar-refractivity contribution is 0.0768. The van der Waals surface area contributed by atoms with Gasteiger partial charge in [0.1, 0.15) is 0 Å². The Morgan fingerprint density at radius 1 is 1.12 bits per heavy atom. The third-order valence-corrected chi connectivity index (χ3v) is 2.79. The Labute approximate surface area is 99.8 Å². The van der Waals surface area contributed by atoms with Crippen LogP contribution >= 0.6 is 0 Å². The van der Waals surface area contributed by atoms with Gasteiger partial charge in [-0.2, -0.15) is 0 Å². The highest BCUT2D eigenvalue weighted by Gasteiger charge is 2.13. The largest absolute Gasteiger partial charge is 0.378 e. The third-order valence-electron chi connectivity index (χ3n) is 2.79. The first-order valence-corrected chi connectivity index (χ1v) is 6.14. The van der Waals surface area contributed by atoms with Gasteiger partial charge in [0.2, 0.25) is 0 Å². The number of benzene rings is 1. The fraction of sp³-hybridized carbons (Fsp3) is 0.600. The van der Waals surface area contributed by atoms with Crippen molar-refractivity contribution >= 4 is 0 Å². The topological polar surface area (TPSA) is 9.23 Å². The molecule has 1 unspecified atom stereocenters. The van der Waals surface area contributed by atoms with Crippen molar-refractivity contribution in [1.29, 1.82) is 0 Å². The van der Waals surface area contributed by atoms with Gasteiger partial charge in [0.05, 0.1) is 6.10 Å². The van der Waals surface area contributed by atoms with E-state index in [-0.39, 0.29) is 5.41 Å². The molecular weight excluding hydrogens is 196 g/mol. The minimum atomic E-state index is 0.240. The molecule has 0 saturated carbocycles. The molecule has 0 radical (unpaired) electrons. The molecule has 0 bridgehead atoms. The summed E-state index contributed by atoms with van der Waals surface area (Å²) in [4.78, 5) is 0. The molecule has 0 fully saturated rings. The first-order valence-electron chi connectivity index (χ1n) is 6.14. The monoisotopic (exact) mass is 220 g/mol. The predicted octanol–water partition coefficient (Wildman–Crippen LogP) is 3.95. The summed E-state index contributed by atoms with van der Waals surface area (Å²) in [5.74, 6) is 0. The smallest absolute Gasteiger partial charge is 0.0587 e. The molecule has 0 aliphatic heterocycles. The highest BCUT2D eigenvalue weighted by Crippen LogP contribution is 2.22. The molecule has 1 aromatic rings. The summed E-state index contributed by atoms with van der Waals surface area (Å²) in [6, 6.07) is 8.90. The fourth-order valence-corrected chi connectivity index (χ4v) is 1.82. The molecule has 0 N–H and O–H groups in total. The van der Waals surface area contributed by atoms with Gasteiger partial charge in [-0.15, -0.1) is 0 Å². The van der Waals surface area contributed by atoms with Crippen molar-refractivity contribution in [3.63, 3.8) is 0 Å². The maximum atomic E-state index is 5.54. The zero-order valence-electron chi connectivity index (χ0n) is 11.2. The van der Waals surface area contributed by atoms with E-state index < -0.39 is 0 Å².